The predicted octanol–water partition coefficient (Wildman–Crippen LogP) is 3.48. The Balaban J connectivity index is 2.26. The Morgan fingerprint density at radius 2 is 2.12 bits per heavy atom. The summed E-state index contributed by atoms with van der Waals surface area (Å²) in [4.78, 5) is 11.2. The van der Waals surface area contributed by atoms with Crippen LogP contribution >= 0.6 is 0 Å². The highest BCUT2D eigenvalue weighted by Crippen LogP contribution is 2.34. The second-order valence-corrected chi connectivity index (χ2v) is 5.19. The maximum Gasteiger partial charge on any atom is 0.166 e. The van der Waals surface area contributed by atoms with Crippen molar-refractivity contribution in [3.8, 4) is 0 Å². The molecule has 1 aromatic heterocycles. The molecule has 0 aliphatic heterocycles. The van der Waals surface area contributed by atoms with Gasteiger partial charge in [-0.2, -0.15) is 0 Å². The third-order valence-corrected chi connectivity index (χ3v) is 3.88. The first-order chi connectivity index (χ1) is 8.20. The number of aldehydes is 1. The molecule has 1 heterocycles. The van der Waals surface area contributed by atoms with Crippen LogP contribution in [0.2, 0.25) is 0 Å². The summed E-state index contributed by atoms with van der Waals surface area (Å²) < 4.78 is 2.21. The summed E-state index contributed by atoms with van der Waals surface area (Å²) in [6, 6.07) is 6.26. The molecule has 1 saturated carbocycles. The highest BCUT2D eigenvalue weighted by molar-refractivity contribution is 5.91. The van der Waals surface area contributed by atoms with Crippen molar-refractivity contribution in [2.75, 3.05) is 0 Å². The molecule has 2 aromatic rings. The van der Waals surface area contributed by atoms with Gasteiger partial charge in [0.2, 0.25) is 0 Å². The number of aryl methyl sites for hydroxylation is 2. The van der Waals surface area contributed by atoms with E-state index in [1.54, 1.807) is 0 Å². The van der Waals surface area contributed by atoms with Crippen molar-refractivity contribution < 1.29 is 4.79 Å². The van der Waals surface area contributed by atoms with Gasteiger partial charge in [-0.05, 0) is 49.8 Å². The lowest BCUT2D eigenvalue weighted by Gasteiger charge is -2.10. The molecular formula is C15H17NO. The summed E-state index contributed by atoms with van der Waals surface area (Å²) in [6.07, 6.45) is 3.60. The van der Waals surface area contributed by atoms with Gasteiger partial charge in [-0.3, -0.25) is 4.79 Å². The van der Waals surface area contributed by atoms with Crippen LogP contribution in [0.1, 0.15) is 34.5 Å². The minimum atomic E-state index is 0.782. The summed E-state index contributed by atoms with van der Waals surface area (Å²) >= 11 is 0. The first-order valence-electron chi connectivity index (χ1n) is 6.25. The fraction of sp³-hybridized carbons (Fsp3) is 0.400. The van der Waals surface area contributed by atoms with E-state index in [0.29, 0.717) is 0 Å². The molecule has 0 unspecified atom stereocenters. The van der Waals surface area contributed by atoms with Crippen LogP contribution in [0.3, 0.4) is 0 Å². The van der Waals surface area contributed by atoms with E-state index in [-0.39, 0.29) is 0 Å². The summed E-state index contributed by atoms with van der Waals surface area (Å²) in [5.41, 5.74) is 4.67. The lowest BCUT2D eigenvalue weighted by Crippen LogP contribution is -2.04. The van der Waals surface area contributed by atoms with E-state index >= 15 is 0 Å². The van der Waals surface area contributed by atoms with E-state index in [1.807, 2.05) is 6.07 Å². The molecule has 0 amide bonds. The van der Waals surface area contributed by atoms with Gasteiger partial charge in [-0.25, -0.2) is 0 Å². The number of nitrogens with zero attached hydrogens (tertiary/aromatic N) is 1. The molecule has 1 aliphatic rings. The molecule has 0 bridgehead atoms. The number of hydrogen-bond acceptors (Lipinski definition) is 1. The first-order valence-corrected chi connectivity index (χ1v) is 6.25. The number of hydrogen-bond donors (Lipinski definition) is 0. The number of carbonyl (C=O) groups excluding carboxylic acids is 1. The molecule has 17 heavy (non-hydrogen) atoms. The fourth-order valence-electron chi connectivity index (χ4n) is 2.52. The van der Waals surface area contributed by atoms with Crippen LogP contribution < -0.4 is 0 Å². The van der Waals surface area contributed by atoms with Crippen LogP contribution in [-0.2, 0) is 6.54 Å². The van der Waals surface area contributed by atoms with E-state index in [4.69, 9.17) is 0 Å². The summed E-state index contributed by atoms with van der Waals surface area (Å²) in [7, 11) is 0. The van der Waals surface area contributed by atoms with Gasteiger partial charge < -0.3 is 4.57 Å². The number of carbonyl (C=O) groups is 1. The number of rotatable bonds is 3. The summed E-state index contributed by atoms with van der Waals surface area (Å²) in [5.74, 6) is 0.782. The SMILES string of the molecule is Cc1ccc2cc(C=O)n(CC3CC3)c2c1C. The van der Waals surface area contributed by atoms with Crippen LogP contribution in [0.4, 0.5) is 0 Å². The Labute approximate surface area is 101 Å². The quantitative estimate of drug-likeness (QED) is 0.736. The second kappa shape index (κ2) is 3.73. The Bertz CT molecular complexity index is 590. The zero-order valence-corrected chi connectivity index (χ0v) is 10.4. The molecule has 2 nitrogen and oxygen atoms in total. The number of benzene rings is 1. The van der Waals surface area contributed by atoms with Gasteiger partial charge >= 0.3 is 0 Å². The van der Waals surface area contributed by atoms with E-state index in [2.05, 4.69) is 30.5 Å². The third kappa shape index (κ3) is 1.68. The summed E-state index contributed by atoms with van der Waals surface area (Å²) in [6.45, 7) is 5.28. The minimum Gasteiger partial charge on any atom is -0.338 e. The average molecular weight is 227 g/mol. The molecule has 88 valence electrons. The minimum absolute atomic E-state index is 0.782. The van der Waals surface area contributed by atoms with Crippen LogP contribution in [0.5, 0.6) is 0 Å². The van der Waals surface area contributed by atoms with Crippen molar-refractivity contribution in [1.29, 1.82) is 0 Å². The van der Waals surface area contributed by atoms with Gasteiger partial charge in [-0.15, -0.1) is 0 Å². The standard InChI is InChI=1S/C15H17NO/c1-10-3-6-13-7-14(9-17)16(8-12-4-5-12)15(13)11(10)2/h3,6-7,9,12H,4-5,8H2,1-2H3. The second-order valence-electron chi connectivity index (χ2n) is 5.19. The van der Waals surface area contributed by atoms with Crippen LogP contribution in [0.15, 0.2) is 18.2 Å². The molecule has 0 radical (unpaired) electrons. The molecule has 0 N–H and O–H groups in total. The lowest BCUT2D eigenvalue weighted by atomic mass is 10.1. The maximum atomic E-state index is 11.2. The monoisotopic (exact) mass is 227 g/mol. The lowest BCUT2D eigenvalue weighted by molar-refractivity contribution is 0.111. The average Bonchev–Trinajstić information content (AvgIpc) is 3.05. The highest BCUT2D eigenvalue weighted by atomic mass is 16.1. The highest BCUT2D eigenvalue weighted by Gasteiger charge is 2.24. The van der Waals surface area contributed by atoms with Crippen LogP contribution in [0.25, 0.3) is 10.9 Å². The van der Waals surface area contributed by atoms with Crippen molar-refractivity contribution in [2.45, 2.75) is 33.2 Å². The van der Waals surface area contributed by atoms with E-state index in [1.165, 1.54) is 34.9 Å². The van der Waals surface area contributed by atoms with Crippen molar-refractivity contribution in [3.05, 3.63) is 35.0 Å². The van der Waals surface area contributed by atoms with E-state index < -0.39 is 0 Å². The molecule has 1 aromatic carbocycles. The van der Waals surface area contributed by atoms with E-state index in [9.17, 15) is 4.79 Å². The van der Waals surface area contributed by atoms with Gasteiger partial charge in [0, 0.05) is 11.9 Å². The molecule has 0 atom stereocenters. The van der Waals surface area contributed by atoms with Crippen molar-refractivity contribution in [3.63, 3.8) is 0 Å². The third-order valence-electron chi connectivity index (χ3n) is 3.88. The molecule has 3 rings (SSSR count). The van der Waals surface area contributed by atoms with Gasteiger partial charge in [0.25, 0.3) is 0 Å². The molecular weight excluding hydrogens is 210 g/mol. The van der Waals surface area contributed by atoms with Gasteiger partial charge in [0.05, 0.1) is 11.2 Å². The van der Waals surface area contributed by atoms with E-state index in [0.717, 1.165) is 24.4 Å². The Morgan fingerprint density at radius 3 is 2.76 bits per heavy atom. The summed E-state index contributed by atoms with van der Waals surface area (Å²) in [5, 5.41) is 1.19. The zero-order valence-electron chi connectivity index (χ0n) is 10.4. The molecule has 0 spiro atoms. The molecule has 2 heteroatoms. The molecule has 1 fully saturated rings. The van der Waals surface area contributed by atoms with Gasteiger partial charge in [0.15, 0.2) is 6.29 Å². The largest absolute Gasteiger partial charge is 0.338 e. The number of fused-ring (bicyclic) bond motifs is 1. The molecule has 0 saturated heterocycles. The first kappa shape index (κ1) is 10.6. The normalized spacial score (nSPS) is 15.4. The van der Waals surface area contributed by atoms with Crippen molar-refractivity contribution >= 4 is 17.2 Å². The Kier molecular flexibility index (Phi) is 2.32. The number of aromatic nitrogens is 1. The van der Waals surface area contributed by atoms with Crippen molar-refractivity contribution in [2.24, 2.45) is 5.92 Å². The smallest absolute Gasteiger partial charge is 0.166 e. The van der Waals surface area contributed by atoms with Gasteiger partial charge in [-0.1, -0.05) is 12.1 Å². The fourth-order valence-corrected chi connectivity index (χ4v) is 2.52. The Morgan fingerprint density at radius 1 is 1.35 bits per heavy atom. The zero-order chi connectivity index (χ0) is 12.0. The van der Waals surface area contributed by atoms with Crippen LogP contribution in [-0.4, -0.2) is 10.9 Å². The van der Waals surface area contributed by atoms with Crippen LogP contribution in [0, 0.1) is 19.8 Å². The van der Waals surface area contributed by atoms with Gasteiger partial charge in [0.1, 0.15) is 0 Å². The van der Waals surface area contributed by atoms with Crippen molar-refractivity contribution in [1.82, 2.24) is 4.57 Å². The maximum absolute atomic E-state index is 11.2. The molecule has 1 aliphatic carbocycles. The predicted molar refractivity (Wildman–Crippen MR) is 69.5 cm³/mol. The Hall–Kier alpha value is -1.57. The topological polar surface area (TPSA) is 22.0 Å².